The maximum atomic E-state index is 8.46. The van der Waals surface area contributed by atoms with Crippen LogP contribution in [0.2, 0.25) is 0 Å². The lowest BCUT2D eigenvalue weighted by Gasteiger charge is -1.87. The Hall–Kier alpha value is -0.810. The average Bonchev–Trinajstić information content (AvgIpc) is 1.91. The average molecular weight is 125 g/mol. The molecule has 0 radical (unpaired) electrons. The van der Waals surface area contributed by atoms with E-state index in [1.165, 1.54) is 0 Å². The van der Waals surface area contributed by atoms with Crippen LogP contribution in [-0.2, 0) is 0 Å². The Bertz CT molecular complexity index is 132. The lowest BCUT2D eigenvalue weighted by molar-refractivity contribution is 0.335. The summed E-state index contributed by atoms with van der Waals surface area (Å²) in [5.41, 5.74) is 0.469. The highest BCUT2D eigenvalue weighted by molar-refractivity contribution is 5.20. The van der Waals surface area contributed by atoms with E-state index >= 15 is 0 Å². The molecular weight excluding hydrogens is 114 g/mol. The van der Waals surface area contributed by atoms with Gasteiger partial charge in [0.1, 0.15) is 0 Å². The smallest absolute Gasteiger partial charge is 0.0968 e. The molecule has 0 aromatic carbocycles. The van der Waals surface area contributed by atoms with Gasteiger partial charge in [-0.1, -0.05) is 19.4 Å². The number of aliphatic hydroxyl groups is 1. The van der Waals surface area contributed by atoms with Crippen molar-refractivity contribution in [2.24, 2.45) is 0 Å². The van der Waals surface area contributed by atoms with Crippen LogP contribution in [0.3, 0.4) is 0 Å². The molecule has 0 spiro atoms. The van der Waals surface area contributed by atoms with E-state index in [2.05, 4.69) is 0 Å². The highest BCUT2D eigenvalue weighted by Gasteiger charge is 1.87. The summed E-state index contributed by atoms with van der Waals surface area (Å²) in [4.78, 5) is 0. The molecule has 0 amide bonds. The SMILES string of the molecule is CCC/C=C(\C#N)CO. The third-order valence-corrected chi connectivity index (χ3v) is 0.993. The monoisotopic (exact) mass is 125 g/mol. The molecule has 0 aliphatic carbocycles. The fourth-order valence-corrected chi connectivity index (χ4v) is 0.464. The van der Waals surface area contributed by atoms with Gasteiger partial charge in [-0.25, -0.2) is 0 Å². The summed E-state index contributed by atoms with van der Waals surface area (Å²) in [6, 6.07) is 1.90. The molecule has 1 N–H and O–H groups in total. The molecule has 0 bridgehead atoms. The maximum absolute atomic E-state index is 8.46. The highest BCUT2D eigenvalue weighted by atomic mass is 16.3. The molecule has 0 heterocycles. The Labute approximate surface area is 55.4 Å². The van der Waals surface area contributed by atoms with Crippen LogP contribution in [-0.4, -0.2) is 11.7 Å². The molecule has 0 unspecified atom stereocenters. The van der Waals surface area contributed by atoms with Crippen LogP contribution in [0.15, 0.2) is 11.6 Å². The van der Waals surface area contributed by atoms with Gasteiger partial charge in [-0.2, -0.15) is 5.26 Å². The minimum Gasteiger partial charge on any atom is -0.391 e. The largest absolute Gasteiger partial charge is 0.391 e. The molecule has 0 fully saturated rings. The third kappa shape index (κ3) is 3.75. The molecule has 9 heavy (non-hydrogen) atoms. The molecule has 50 valence electrons. The van der Waals surface area contributed by atoms with Crippen molar-refractivity contribution in [3.63, 3.8) is 0 Å². The summed E-state index contributed by atoms with van der Waals surface area (Å²) in [5.74, 6) is 0. The zero-order chi connectivity index (χ0) is 7.11. The second kappa shape index (κ2) is 5.33. The fourth-order valence-electron chi connectivity index (χ4n) is 0.464. The first-order chi connectivity index (χ1) is 4.35. The molecule has 0 saturated carbocycles. The Morgan fingerprint density at radius 3 is 2.78 bits per heavy atom. The summed E-state index contributed by atoms with van der Waals surface area (Å²) >= 11 is 0. The van der Waals surface area contributed by atoms with E-state index in [0.29, 0.717) is 5.57 Å². The molecule has 0 aliphatic rings. The van der Waals surface area contributed by atoms with Gasteiger partial charge in [-0.05, 0) is 6.42 Å². The van der Waals surface area contributed by atoms with Crippen LogP contribution >= 0.6 is 0 Å². The third-order valence-electron chi connectivity index (χ3n) is 0.993. The van der Waals surface area contributed by atoms with Gasteiger partial charge in [0, 0.05) is 0 Å². The molecular formula is C7H11NO. The molecule has 0 aromatic rings. The quantitative estimate of drug-likeness (QED) is 0.576. The number of nitriles is 1. The normalized spacial score (nSPS) is 11.0. The van der Waals surface area contributed by atoms with E-state index in [0.717, 1.165) is 12.8 Å². The maximum Gasteiger partial charge on any atom is 0.0968 e. The van der Waals surface area contributed by atoms with Gasteiger partial charge in [-0.15, -0.1) is 0 Å². The standard InChI is InChI=1S/C7H11NO/c1-2-3-4-7(5-8)6-9/h4,9H,2-3,6H2,1H3/b7-4+. The first kappa shape index (κ1) is 8.19. The van der Waals surface area contributed by atoms with E-state index in [4.69, 9.17) is 10.4 Å². The van der Waals surface area contributed by atoms with Crippen molar-refractivity contribution in [2.75, 3.05) is 6.61 Å². The molecule has 0 saturated heterocycles. The first-order valence-corrected chi connectivity index (χ1v) is 3.05. The predicted octanol–water partition coefficient (Wildman–Crippen LogP) is 1.23. The summed E-state index contributed by atoms with van der Waals surface area (Å²) < 4.78 is 0. The number of allylic oxidation sites excluding steroid dienone is 1. The molecule has 2 heteroatoms. The fraction of sp³-hybridized carbons (Fsp3) is 0.571. The van der Waals surface area contributed by atoms with Crippen molar-refractivity contribution in [1.82, 2.24) is 0 Å². The Morgan fingerprint density at radius 2 is 2.44 bits per heavy atom. The number of hydrogen-bond donors (Lipinski definition) is 1. The summed E-state index contributed by atoms with van der Waals surface area (Å²) in [6.45, 7) is 1.90. The van der Waals surface area contributed by atoms with Gasteiger partial charge in [0.25, 0.3) is 0 Å². The lowest BCUT2D eigenvalue weighted by Crippen LogP contribution is -1.85. The van der Waals surface area contributed by atoms with Crippen LogP contribution in [0.4, 0.5) is 0 Å². The molecule has 2 nitrogen and oxygen atoms in total. The van der Waals surface area contributed by atoms with Crippen molar-refractivity contribution < 1.29 is 5.11 Å². The zero-order valence-electron chi connectivity index (χ0n) is 5.59. The van der Waals surface area contributed by atoms with E-state index in [1.54, 1.807) is 6.08 Å². The molecule has 0 aromatic heterocycles. The zero-order valence-corrected chi connectivity index (χ0v) is 5.59. The van der Waals surface area contributed by atoms with Gasteiger partial charge in [-0.3, -0.25) is 0 Å². The van der Waals surface area contributed by atoms with Gasteiger partial charge in [0.05, 0.1) is 18.2 Å². The summed E-state index contributed by atoms with van der Waals surface area (Å²) in [5, 5.41) is 16.7. The highest BCUT2D eigenvalue weighted by Crippen LogP contribution is 1.95. The van der Waals surface area contributed by atoms with Gasteiger partial charge >= 0.3 is 0 Å². The van der Waals surface area contributed by atoms with Gasteiger partial charge in [0.15, 0.2) is 0 Å². The summed E-state index contributed by atoms with van der Waals surface area (Å²) in [6.07, 6.45) is 3.66. The second-order valence-electron chi connectivity index (χ2n) is 1.79. The van der Waals surface area contributed by atoms with Crippen LogP contribution in [0, 0.1) is 11.3 Å². The van der Waals surface area contributed by atoms with Crippen molar-refractivity contribution in [1.29, 1.82) is 5.26 Å². The number of nitrogens with zero attached hydrogens (tertiary/aromatic N) is 1. The van der Waals surface area contributed by atoms with E-state index in [-0.39, 0.29) is 6.61 Å². The topological polar surface area (TPSA) is 44.0 Å². The van der Waals surface area contributed by atoms with Crippen LogP contribution in [0.5, 0.6) is 0 Å². The minimum atomic E-state index is -0.128. The van der Waals surface area contributed by atoms with Crippen LogP contribution in [0.1, 0.15) is 19.8 Å². The van der Waals surface area contributed by atoms with Crippen LogP contribution in [0.25, 0.3) is 0 Å². The number of hydrogen-bond acceptors (Lipinski definition) is 2. The number of aliphatic hydroxyl groups excluding tert-OH is 1. The van der Waals surface area contributed by atoms with Gasteiger partial charge in [0.2, 0.25) is 0 Å². The second-order valence-corrected chi connectivity index (χ2v) is 1.79. The molecule has 0 rings (SSSR count). The summed E-state index contributed by atoms with van der Waals surface area (Å²) in [7, 11) is 0. The van der Waals surface area contributed by atoms with Crippen molar-refractivity contribution in [3.05, 3.63) is 11.6 Å². The van der Waals surface area contributed by atoms with E-state index in [9.17, 15) is 0 Å². The minimum absolute atomic E-state index is 0.128. The Morgan fingerprint density at radius 1 is 1.78 bits per heavy atom. The van der Waals surface area contributed by atoms with Crippen molar-refractivity contribution in [2.45, 2.75) is 19.8 Å². The number of rotatable bonds is 3. The van der Waals surface area contributed by atoms with Crippen molar-refractivity contribution in [3.8, 4) is 6.07 Å². The van der Waals surface area contributed by atoms with E-state index < -0.39 is 0 Å². The van der Waals surface area contributed by atoms with Crippen molar-refractivity contribution >= 4 is 0 Å². The molecule has 0 atom stereocenters. The Kier molecular flexibility index (Phi) is 4.85. The lowest BCUT2D eigenvalue weighted by atomic mass is 10.2. The predicted molar refractivity (Wildman–Crippen MR) is 35.7 cm³/mol. The first-order valence-electron chi connectivity index (χ1n) is 3.05. The van der Waals surface area contributed by atoms with E-state index in [1.807, 2.05) is 13.0 Å². The van der Waals surface area contributed by atoms with Gasteiger partial charge < -0.3 is 5.11 Å². The van der Waals surface area contributed by atoms with Crippen LogP contribution < -0.4 is 0 Å². The Balaban J connectivity index is 3.66. The molecule has 0 aliphatic heterocycles. The number of unbranched alkanes of at least 4 members (excludes halogenated alkanes) is 1.